The first kappa shape index (κ1) is 15.7. The minimum atomic E-state index is -0.0141. The van der Waals surface area contributed by atoms with Crippen molar-refractivity contribution in [1.29, 1.82) is 0 Å². The Morgan fingerprint density at radius 3 is 2.92 bits per heavy atom. The van der Waals surface area contributed by atoms with E-state index in [2.05, 4.69) is 17.1 Å². The number of aromatic amines is 1. The second kappa shape index (κ2) is 6.63. The van der Waals surface area contributed by atoms with E-state index in [1.54, 1.807) is 15.9 Å². The Bertz CT molecular complexity index is 966. The number of nitrogens with one attached hydrogen (secondary N) is 1. The molecular weight excluding hydrogens is 340 g/mol. The van der Waals surface area contributed by atoms with E-state index in [1.807, 2.05) is 24.3 Å². The van der Waals surface area contributed by atoms with Crippen molar-refractivity contribution in [2.75, 3.05) is 6.61 Å². The Morgan fingerprint density at radius 1 is 1.33 bits per heavy atom. The van der Waals surface area contributed by atoms with Crippen molar-refractivity contribution in [1.82, 2.24) is 9.55 Å². The molecule has 0 radical (unpaired) electrons. The van der Waals surface area contributed by atoms with Crippen molar-refractivity contribution >= 4 is 33.8 Å². The van der Waals surface area contributed by atoms with Crippen LogP contribution in [0.2, 0.25) is 0 Å². The van der Waals surface area contributed by atoms with Gasteiger partial charge in [0.05, 0.1) is 18.0 Å². The lowest BCUT2D eigenvalue weighted by Gasteiger charge is -2.11. The number of hydrogen-bond acceptors (Lipinski definition) is 4. The summed E-state index contributed by atoms with van der Waals surface area (Å²) in [5.74, 6) is 0. The molecule has 1 aromatic carbocycles. The zero-order valence-corrected chi connectivity index (χ0v) is 14.8. The molecule has 1 fully saturated rings. The van der Waals surface area contributed by atoms with E-state index in [9.17, 15) is 4.79 Å². The van der Waals surface area contributed by atoms with Crippen molar-refractivity contribution in [3.8, 4) is 0 Å². The molecule has 4 nitrogen and oxygen atoms in total. The van der Waals surface area contributed by atoms with Crippen LogP contribution in [-0.2, 0) is 17.7 Å². The first-order chi connectivity index (χ1) is 11.7. The summed E-state index contributed by atoms with van der Waals surface area (Å²) in [6.45, 7) is 1.31. The van der Waals surface area contributed by atoms with Gasteiger partial charge in [0.2, 0.25) is 0 Å². The summed E-state index contributed by atoms with van der Waals surface area (Å²) < 4.78 is 7.77. The summed E-state index contributed by atoms with van der Waals surface area (Å²) in [6.07, 6.45) is 2.96. The van der Waals surface area contributed by atoms with E-state index in [4.69, 9.17) is 17.0 Å². The first-order valence-electron chi connectivity index (χ1n) is 8.12. The fourth-order valence-corrected chi connectivity index (χ4v) is 4.54. The Hall–Kier alpha value is -1.76. The van der Waals surface area contributed by atoms with Crippen LogP contribution in [0.25, 0.3) is 10.2 Å². The van der Waals surface area contributed by atoms with Gasteiger partial charge in [0.1, 0.15) is 4.83 Å². The number of nitrogens with zero attached hydrogens (tertiary/aromatic N) is 1. The Labute approximate surface area is 148 Å². The molecule has 3 heterocycles. The lowest BCUT2D eigenvalue weighted by Crippen LogP contribution is -2.27. The maximum Gasteiger partial charge on any atom is 0.263 e. The van der Waals surface area contributed by atoms with Gasteiger partial charge in [0, 0.05) is 17.9 Å². The molecule has 0 saturated carbocycles. The van der Waals surface area contributed by atoms with Crippen molar-refractivity contribution < 1.29 is 4.74 Å². The van der Waals surface area contributed by atoms with E-state index in [0.717, 1.165) is 41.0 Å². The predicted octanol–water partition coefficient (Wildman–Crippen LogP) is 3.89. The predicted molar refractivity (Wildman–Crippen MR) is 99.5 cm³/mol. The molecule has 1 N–H and O–H groups in total. The summed E-state index contributed by atoms with van der Waals surface area (Å²) >= 11 is 7.00. The molecule has 1 unspecified atom stereocenters. The third kappa shape index (κ3) is 3.09. The van der Waals surface area contributed by atoms with Crippen LogP contribution in [0.5, 0.6) is 0 Å². The van der Waals surface area contributed by atoms with Crippen LogP contribution < -0.4 is 5.56 Å². The zero-order chi connectivity index (χ0) is 16.5. The topological polar surface area (TPSA) is 47.0 Å². The van der Waals surface area contributed by atoms with Crippen LogP contribution in [-0.4, -0.2) is 22.3 Å². The summed E-state index contributed by atoms with van der Waals surface area (Å²) in [7, 11) is 0. The standard InChI is InChI=1S/C18H18N2O2S2/c21-17-15-10-14(9-12-5-2-1-3-6-12)24-16(15)19-18(23)20(17)11-13-7-4-8-22-13/h1-3,5-6,10,13H,4,7-9,11H2,(H,19,23). The van der Waals surface area contributed by atoms with Gasteiger partial charge in [0.15, 0.2) is 4.77 Å². The molecule has 24 heavy (non-hydrogen) atoms. The van der Waals surface area contributed by atoms with Gasteiger partial charge in [0.25, 0.3) is 5.56 Å². The van der Waals surface area contributed by atoms with E-state index in [1.165, 1.54) is 5.56 Å². The van der Waals surface area contributed by atoms with Gasteiger partial charge in [-0.3, -0.25) is 9.36 Å². The van der Waals surface area contributed by atoms with Gasteiger partial charge in [-0.25, -0.2) is 0 Å². The average molecular weight is 358 g/mol. The molecule has 6 heteroatoms. The normalized spacial score (nSPS) is 17.6. The van der Waals surface area contributed by atoms with Gasteiger partial charge in [-0.2, -0.15) is 0 Å². The molecule has 0 spiro atoms. The fourth-order valence-electron chi connectivity index (χ4n) is 3.14. The molecule has 0 aliphatic carbocycles. The van der Waals surface area contributed by atoms with Crippen LogP contribution in [0.3, 0.4) is 0 Å². The Morgan fingerprint density at radius 2 is 2.17 bits per heavy atom. The molecule has 2 aromatic heterocycles. The molecular formula is C18H18N2O2S2. The van der Waals surface area contributed by atoms with Crippen molar-refractivity contribution in [3.05, 3.63) is 62.0 Å². The lowest BCUT2D eigenvalue weighted by molar-refractivity contribution is 0.0957. The minimum Gasteiger partial charge on any atom is -0.376 e. The number of hydrogen-bond donors (Lipinski definition) is 1. The van der Waals surface area contributed by atoms with Crippen LogP contribution in [0.1, 0.15) is 23.3 Å². The number of H-pyrrole nitrogens is 1. The summed E-state index contributed by atoms with van der Waals surface area (Å²) in [4.78, 5) is 18.1. The van der Waals surface area contributed by atoms with Gasteiger partial charge in [-0.05, 0) is 36.7 Å². The number of benzene rings is 1. The lowest BCUT2D eigenvalue weighted by atomic mass is 10.1. The molecule has 1 atom stereocenters. The SMILES string of the molecule is O=c1c2cc(Cc3ccccc3)sc2[nH]c(=S)n1CC1CCCO1. The van der Waals surface area contributed by atoms with Crippen LogP contribution in [0, 0.1) is 4.77 Å². The van der Waals surface area contributed by atoms with E-state index in [-0.39, 0.29) is 11.7 Å². The molecule has 1 aliphatic rings. The Balaban J connectivity index is 1.70. The fraction of sp³-hybridized carbons (Fsp3) is 0.333. The average Bonchev–Trinajstić information content (AvgIpc) is 3.22. The largest absolute Gasteiger partial charge is 0.376 e. The van der Waals surface area contributed by atoms with Crippen molar-refractivity contribution in [2.45, 2.75) is 31.9 Å². The molecule has 0 amide bonds. The highest BCUT2D eigenvalue weighted by Gasteiger charge is 2.18. The number of ether oxygens (including phenoxy) is 1. The van der Waals surface area contributed by atoms with Crippen LogP contribution in [0.4, 0.5) is 0 Å². The molecule has 3 aromatic rings. The monoisotopic (exact) mass is 358 g/mol. The van der Waals surface area contributed by atoms with Gasteiger partial charge >= 0.3 is 0 Å². The maximum atomic E-state index is 12.8. The first-order valence-corrected chi connectivity index (χ1v) is 9.34. The van der Waals surface area contributed by atoms with Gasteiger partial charge in [-0.15, -0.1) is 11.3 Å². The minimum absolute atomic E-state index is 0.0141. The molecule has 1 aliphatic heterocycles. The quantitative estimate of drug-likeness (QED) is 0.720. The third-order valence-corrected chi connectivity index (χ3v) is 5.73. The summed E-state index contributed by atoms with van der Waals surface area (Å²) in [5.41, 5.74) is 1.22. The molecule has 0 bridgehead atoms. The highest BCUT2D eigenvalue weighted by Crippen LogP contribution is 2.24. The second-order valence-corrected chi connectivity index (χ2v) is 7.62. The second-order valence-electron chi connectivity index (χ2n) is 6.10. The van der Waals surface area contributed by atoms with E-state index >= 15 is 0 Å². The highest BCUT2D eigenvalue weighted by molar-refractivity contribution is 7.71. The number of thiophene rings is 1. The van der Waals surface area contributed by atoms with E-state index in [0.29, 0.717) is 11.3 Å². The molecule has 124 valence electrons. The van der Waals surface area contributed by atoms with E-state index < -0.39 is 0 Å². The van der Waals surface area contributed by atoms with Crippen LogP contribution >= 0.6 is 23.6 Å². The maximum absolute atomic E-state index is 12.8. The number of fused-ring (bicyclic) bond motifs is 1. The Kier molecular flexibility index (Phi) is 4.35. The highest BCUT2D eigenvalue weighted by atomic mass is 32.1. The third-order valence-electron chi connectivity index (χ3n) is 4.36. The number of rotatable bonds is 4. The smallest absolute Gasteiger partial charge is 0.263 e. The van der Waals surface area contributed by atoms with Gasteiger partial charge < -0.3 is 9.72 Å². The van der Waals surface area contributed by atoms with Crippen LogP contribution in [0.15, 0.2) is 41.2 Å². The zero-order valence-electron chi connectivity index (χ0n) is 13.2. The van der Waals surface area contributed by atoms with Gasteiger partial charge in [-0.1, -0.05) is 30.3 Å². The summed E-state index contributed by atoms with van der Waals surface area (Å²) in [5, 5.41) is 0.720. The van der Waals surface area contributed by atoms with Crippen molar-refractivity contribution in [3.63, 3.8) is 0 Å². The number of aromatic nitrogens is 2. The van der Waals surface area contributed by atoms with Crippen molar-refractivity contribution in [2.24, 2.45) is 0 Å². The molecule has 4 rings (SSSR count). The molecule has 1 saturated heterocycles. The summed E-state index contributed by atoms with van der Waals surface area (Å²) in [6, 6.07) is 12.3.